The SMILES string of the molecule is BrCc1ccc2nc(-c3cccc(I)c3)sc2c1. The van der Waals surface area contributed by atoms with Gasteiger partial charge < -0.3 is 0 Å². The standard InChI is InChI=1S/C14H9BrINS/c15-8-9-4-5-12-13(6-9)18-14(17-12)10-2-1-3-11(16)7-10/h1-7H,8H2. The van der Waals surface area contributed by atoms with Crippen molar-refractivity contribution >= 4 is 60.1 Å². The molecule has 1 aromatic heterocycles. The Morgan fingerprint density at radius 2 is 2.06 bits per heavy atom. The lowest BCUT2D eigenvalue weighted by Crippen LogP contribution is -1.77. The first-order valence-electron chi connectivity index (χ1n) is 5.47. The maximum atomic E-state index is 4.70. The highest BCUT2D eigenvalue weighted by Crippen LogP contribution is 2.31. The van der Waals surface area contributed by atoms with Crippen molar-refractivity contribution in [2.24, 2.45) is 0 Å². The van der Waals surface area contributed by atoms with Gasteiger partial charge in [0, 0.05) is 14.5 Å². The van der Waals surface area contributed by atoms with Crippen molar-refractivity contribution in [1.82, 2.24) is 4.98 Å². The maximum absolute atomic E-state index is 4.70. The Hall–Kier alpha value is -0.460. The highest BCUT2D eigenvalue weighted by atomic mass is 127. The lowest BCUT2D eigenvalue weighted by Gasteiger charge is -1.95. The first-order valence-corrected chi connectivity index (χ1v) is 8.49. The van der Waals surface area contributed by atoms with Gasteiger partial charge in [-0.25, -0.2) is 4.98 Å². The van der Waals surface area contributed by atoms with Crippen molar-refractivity contribution in [1.29, 1.82) is 0 Å². The van der Waals surface area contributed by atoms with Gasteiger partial charge >= 0.3 is 0 Å². The van der Waals surface area contributed by atoms with E-state index in [0.29, 0.717) is 0 Å². The quantitative estimate of drug-likeness (QED) is 0.389. The molecule has 0 N–H and O–H groups in total. The Morgan fingerprint density at radius 1 is 1.17 bits per heavy atom. The molecule has 0 bridgehead atoms. The van der Waals surface area contributed by atoms with E-state index in [9.17, 15) is 0 Å². The second-order valence-corrected chi connectivity index (χ2v) is 6.80. The molecule has 0 aliphatic rings. The Morgan fingerprint density at radius 3 is 2.83 bits per heavy atom. The summed E-state index contributed by atoms with van der Waals surface area (Å²) < 4.78 is 2.49. The van der Waals surface area contributed by atoms with Gasteiger partial charge in [0.05, 0.1) is 10.2 Å². The lowest BCUT2D eigenvalue weighted by molar-refractivity contribution is 1.43. The fourth-order valence-corrected chi connectivity index (χ4v) is 3.71. The van der Waals surface area contributed by atoms with Crippen molar-refractivity contribution in [3.8, 4) is 10.6 Å². The van der Waals surface area contributed by atoms with Gasteiger partial charge in [0.25, 0.3) is 0 Å². The Bertz CT molecular complexity index is 708. The predicted molar refractivity (Wildman–Crippen MR) is 90.4 cm³/mol. The number of alkyl halides is 1. The number of nitrogens with zero attached hydrogens (tertiary/aromatic N) is 1. The van der Waals surface area contributed by atoms with Gasteiger partial charge in [0.1, 0.15) is 5.01 Å². The molecule has 0 atom stereocenters. The third-order valence-corrected chi connectivity index (χ3v) is 5.06. The number of hydrogen-bond acceptors (Lipinski definition) is 2. The molecule has 3 rings (SSSR count). The molecule has 0 radical (unpaired) electrons. The van der Waals surface area contributed by atoms with Crippen LogP contribution in [0.25, 0.3) is 20.8 Å². The Labute approximate surface area is 132 Å². The van der Waals surface area contributed by atoms with Crippen LogP contribution in [-0.2, 0) is 5.33 Å². The average molecular weight is 430 g/mol. The third-order valence-electron chi connectivity index (χ3n) is 2.68. The van der Waals surface area contributed by atoms with Gasteiger partial charge in [-0.3, -0.25) is 0 Å². The molecule has 0 aliphatic heterocycles. The van der Waals surface area contributed by atoms with Crippen LogP contribution in [0, 0.1) is 3.57 Å². The summed E-state index contributed by atoms with van der Waals surface area (Å²) in [5.41, 5.74) is 3.57. The molecule has 3 aromatic rings. The van der Waals surface area contributed by atoms with Crippen LogP contribution in [0.4, 0.5) is 0 Å². The van der Waals surface area contributed by atoms with Gasteiger partial charge in [-0.15, -0.1) is 11.3 Å². The molecule has 0 fully saturated rings. The van der Waals surface area contributed by atoms with Crippen molar-refractivity contribution in [3.05, 3.63) is 51.6 Å². The summed E-state index contributed by atoms with van der Waals surface area (Å²) in [6.45, 7) is 0. The van der Waals surface area contributed by atoms with Gasteiger partial charge in [0.2, 0.25) is 0 Å². The minimum atomic E-state index is 0.888. The van der Waals surface area contributed by atoms with E-state index < -0.39 is 0 Å². The van der Waals surface area contributed by atoms with Crippen LogP contribution in [-0.4, -0.2) is 4.98 Å². The molecular formula is C14H9BrINS. The molecule has 18 heavy (non-hydrogen) atoms. The second-order valence-electron chi connectivity index (χ2n) is 3.97. The van der Waals surface area contributed by atoms with E-state index in [1.807, 2.05) is 0 Å². The number of fused-ring (bicyclic) bond motifs is 1. The van der Waals surface area contributed by atoms with Crippen LogP contribution >= 0.6 is 49.9 Å². The second kappa shape index (κ2) is 5.27. The highest BCUT2D eigenvalue weighted by molar-refractivity contribution is 14.1. The van der Waals surface area contributed by atoms with E-state index in [1.165, 1.54) is 19.4 Å². The van der Waals surface area contributed by atoms with Crippen LogP contribution in [0.5, 0.6) is 0 Å². The van der Waals surface area contributed by atoms with E-state index in [-0.39, 0.29) is 0 Å². The molecule has 1 nitrogen and oxygen atoms in total. The number of rotatable bonds is 2. The smallest absolute Gasteiger partial charge is 0.124 e. The molecular weight excluding hydrogens is 421 g/mol. The van der Waals surface area contributed by atoms with E-state index in [1.54, 1.807) is 11.3 Å². The molecule has 4 heteroatoms. The van der Waals surface area contributed by atoms with E-state index in [2.05, 4.69) is 81.0 Å². The summed E-state index contributed by atoms with van der Waals surface area (Å²) in [4.78, 5) is 4.70. The van der Waals surface area contributed by atoms with Crippen LogP contribution in [0.15, 0.2) is 42.5 Å². The zero-order valence-electron chi connectivity index (χ0n) is 9.36. The van der Waals surface area contributed by atoms with Crippen LogP contribution in [0.2, 0.25) is 0 Å². The molecule has 0 saturated carbocycles. The van der Waals surface area contributed by atoms with Gasteiger partial charge in [-0.2, -0.15) is 0 Å². The molecule has 0 spiro atoms. The summed E-state index contributed by atoms with van der Waals surface area (Å²) in [7, 11) is 0. The molecule has 0 saturated heterocycles. The van der Waals surface area contributed by atoms with E-state index >= 15 is 0 Å². The molecule has 0 amide bonds. The van der Waals surface area contributed by atoms with Crippen LogP contribution in [0.1, 0.15) is 5.56 Å². The largest absolute Gasteiger partial charge is 0.236 e. The summed E-state index contributed by atoms with van der Waals surface area (Å²) in [5, 5.41) is 1.98. The fourth-order valence-electron chi connectivity index (χ4n) is 1.80. The summed E-state index contributed by atoms with van der Waals surface area (Å²) >= 11 is 7.57. The Kier molecular flexibility index (Phi) is 3.68. The Balaban J connectivity index is 2.13. The van der Waals surface area contributed by atoms with Crippen LogP contribution in [0.3, 0.4) is 0 Å². The molecule has 0 unspecified atom stereocenters. The number of aromatic nitrogens is 1. The molecule has 90 valence electrons. The van der Waals surface area contributed by atoms with Crippen molar-refractivity contribution < 1.29 is 0 Å². The normalized spacial score (nSPS) is 11.0. The predicted octanol–water partition coefficient (Wildman–Crippen LogP) is 5.46. The van der Waals surface area contributed by atoms with Gasteiger partial charge in [-0.1, -0.05) is 34.1 Å². The number of hydrogen-bond donors (Lipinski definition) is 0. The van der Waals surface area contributed by atoms with Gasteiger partial charge in [-0.05, 0) is 52.4 Å². The minimum Gasteiger partial charge on any atom is -0.236 e. The molecule has 2 aromatic carbocycles. The molecule has 0 aliphatic carbocycles. The topological polar surface area (TPSA) is 12.9 Å². The summed E-state index contributed by atoms with van der Waals surface area (Å²) in [6.07, 6.45) is 0. The van der Waals surface area contributed by atoms with Crippen molar-refractivity contribution in [2.45, 2.75) is 5.33 Å². The zero-order valence-corrected chi connectivity index (χ0v) is 13.9. The first kappa shape index (κ1) is 12.6. The van der Waals surface area contributed by atoms with E-state index in [0.717, 1.165) is 15.9 Å². The maximum Gasteiger partial charge on any atom is 0.124 e. The monoisotopic (exact) mass is 429 g/mol. The number of halogens is 2. The first-order chi connectivity index (χ1) is 8.76. The van der Waals surface area contributed by atoms with E-state index in [4.69, 9.17) is 4.98 Å². The fraction of sp³-hybridized carbons (Fsp3) is 0.0714. The third kappa shape index (κ3) is 2.46. The number of benzene rings is 2. The zero-order chi connectivity index (χ0) is 12.5. The summed E-state index contributed by atoms with van der Waals surface area (Å²) in [5.74, 6) is 0. The van der Waals surface area contributed by atoms with Crippen LogP contribution < -0.4 is 0 Å². The molecule has 1 heterocycles. The average Bonchev–Trinajstić information content (AvgIpc) is 2.81. The van der Waals surface area contributed by atoms with Gasteiger partial charge in [0.15, 0.2) is 0 Å². The van der Waals surface area contributed by atoms with Crippen molar-refractivity contribution in [3.63, 3.8) is 0 Å². The lowest BCUT2D eigenvalue weighted by atomic mass is 10.2. The minimum absolute atomic E-state index is 0.888. The summed E-state index contributed by atoms with van der Waals surface area (Å²) in [6, 6.07) is 14.9. The van der Waals surface area contributed by atoms with Crippen molar-refractivity contribution in [2.75, 3.05) is 0 Å². The highest BCUT2D eigenvalue weighted by Gasteiger charge is 2.07. The number of thiazole rings is 1.